The first-order valence-corrected chi connectivity index (χ1v) is 7.06. The summed E-state index contributed by atoms with van der Waals surface area (Å²) in [6, 6.07) is 11.6. The number of nitrogens with zero attached hydrogens (tertiary/aromatic N) is 2. The van der Waals surface area contributed by atoms with Crippen molar-refractivity contribution in [2.45, 2.75) is 6.54 Å². The first kappa shape index (κ1) is 17.1. The van der Waals surface area contributed by atoms with E-state index < -0.39 is 4.92 Å². The first-order chi connectivity index (χ1) is 11.5. The van der Waals surface area contributed by atoms with Crippen LogP contribution in [0.25, 0.3) is 0 Å². The smallest absolute Gasteiger partial charge is 0.274 e. The number of benzene rings is 2. The van der Waals surface area contributed by atoms with Gasteiger partial charge in [-0.25, -0.2) is 4.99 Å². The number of nitro groups is 1. The molecule has 0 fully saturated rings. The lowest BCUT2D eigenvalue weighted by molar-refractivity contribution is -0.385. The minimum atomic E-state index is -0.442. The Morgan fingerprint density at radius 3 is 2.58 bits per heavy atom. The minimum absolute atomic E-state index is 0.0140. The number of hydrogen-bond donors (Lipinski definition) is 2. The van der Waals surface area contributed by atoms with Crippen LogP contribution in [0.3, 0.4) is 0 Å². The van der Waals surface area contributed by atoms with Crippen molar-refractivity contribution in [3.63, 3.8) is 0 Å². The minimum Gasteiger partial charge on any atom is -0.493 e. The van der Waals surface area contributed by atoms with Gasteiger partial charge in [0.05, 0.1) is 31.3 Å². The number of anilines is 1. The first-order valence-electron chi connectivity index (χ1n) is 7.06. The van der Waals surface area contributed by atoms with Crippen LogP contribution in [0.2, 0.25) is 0 Å². The second-order valence-electron chi connectivity index (χ2n) is 4.78. The monoisotopic (exact) mass is 330 g/mol. The molecule has 0 atom stereocenters. The fourth-order valence-electron chi connectivity index (χ4n) is 2.09. The molecule has 2 aromatic carbocycles. The molecule has 0 saturated carbocycles. The Kier molecular flexibility index (Phi) is 5.56. The van der Waals surface area contributed by atoms with Crippen molar-refractivity contribution in [2.75, 3.05) is 19.5 Å². The standard InChI is InChI=1S/C16H18N4O4/c1-23-14-8-7-12(9-15(14)24-2)19-16(17)18-10-11-5-3-4-6-13(11)20(21)22/h3-9H,10H2,1-2H3,(H3,17,18,19). The molecule has 0 spiro atoms. The summed E-state index contributed by atoms with van der Waals surface area (Å²) in [5.74, 6) is 1.29. The van der Waals surface area contributed by atoms with Crippen molar-refractivity contribution in [2.24, 2.45) is 10.7 Å². The lowest BCUT2D eigenvalue weighted by atomic mass is 10.2. The largest absolute Gasteiger partial charge is 0.493 e. The molecule has 0 aromatic heterocycles. The molecule has 0 aliphatic rings. The molecule has 0 saturated heterocycles. The van der Waals surface area contributed by atoms with Crippen molar-refractivity contribution in [3.8, 4) is 11.5 Å². The lowest BCUT2D eigenvalue weighted by Crippen LogP contribution is -2.22. The summed E-state index contributed by atoms with van der Waals surface area (Å²) in [4.78, 5) is 14.7. The third kappa shape index (κ3) is 4.13. The van der Waals surface area contributed by atoms with Gasteiger partial charge in [-0.05, 0) is 12.1 Å². The fourth-order valence-corrected chi connectivity index (χ4v) is 2.09. The normalized spacial score (nSPS) is 11.0. The summed E-state index contributed by atoms with van der Waals surface area (Å²) < 4.78 is 10.4. The predicted octanol–water partition coefficient (Wildman–Crippen LogP) is 2.54. The van der Waals surface area contributed by atoms with Crippen molar-refractivity contribution < 1.29 is 14.4 Å². The molecule has 0 unspecified atom stereocenters. The maximum Gasteiger partial charge on any atom is 0.274 e. The number of nitro benzene ring substituents is 1. The Balaban J connectivity index is 2.11. The number of hydrogen-bond acceptors (Lipinski definition) is 5. The third-order valence-electron chi connectivity index (χ3n) is 3.26. The second-order valence-corrected chi connectivity index (χ2v) is 4.78. The van der Waals surface area contributed by atoms with Crippen LogP contribution >= 0.6 is 0 Å². The molecule has 0 amide bonds. The van der Waals surface area contributed by atoms with Crippen LogP contribution in [0.15, 0.2) is 47.5 Å². The van der Waals surface area contributed by atoms with E-state index in [1.165, 1.54) is 13.2 Å². The van der Waals surface area contributed by atoms with E-state index in [0.29, 0.717) is 22.7 Å². The van der Waals surface area contributed by atoms with E-state index in [1.54, 1.807) is 43.5 Å². The molecule has 0 aliphatic carbocycles. The van der Waals surface area contributed by atoms with Crippen molar-refractivity contribution in [1.82, 2.24) is 0 Å². The van der Waals surface area contributed by atoms with E-state index in [-0.39, 0.29) is 18.2 Å². The van der Waals surface area contributed by atoms with Gasteiger partial charge in [-0.1, -0.05) is 18.2 Å². The molecule has 2 aromatic rings. The Hall–Kier alpha value is -3.29. The Morgan fingerprint density at radius 2 is 1.92 bits per heavy atom. The van der Waals surface area contributed by atoms with Gasteiger partial charge < -0.3 is 20.5 Å². The molecular weight excluding hydrogens is 312 g/mol. The van der Waals surface area contributed by atoms with Gasteiger partial charge in [0.2, 0.25) is 0 Å². The molecule has 8 nitrogen and oxygen atoms in total. The number of nitrogens with one attached hydrogen (secondary N) is 1. The van der Waals surface area contributed by atoms with Crippen LogP contribution in [-0.4, -0.2) is 25.1 Å². The predicted molar refractivity (Wildman–Crippen MR) is 91.6 cm³/mol. The van der Waals surface area contributed by atoms with E-state index >= 15 is 0 Å². The van der Waals surface area contributed by atoms with Crippen LogP contribution in [0, 0.1) is 10.1 Å². The zero-order chi connectivity index (χ0) is 17.5. The van der Waals surface area contributed by atoms with Crippen LogP contribution in [0.1, 0.15) is 5.56 Å². The molecule has 24 heavy (non-hydrogen) atoms. The summed E-state index contributed by atoms with van der Waals surface area (Å²) in [7, 11) is 3.08. The van der Waals surface area contributed by atoms with Crippen LogP contribution in [0.5, 0.6) is 11.5 Å². The van der Waals surface area contributed by atoms with E-state index in [1.807, 2.05) is 0 Å². The van der Waals surface area contributed by atoms with Gasteiger partial charge in [0.1, 0.15) is 0 Å². The maximum atomic E-state index is 11.0. The zero-order valence-electron chi connectivity index (χ0n) is 13.4. The second kappa shape index (κ2) is 7.82. The van der Waals surface area contributed by atoms with Gasteiger partial charge in [0.15, 0.2) is 17.5 Å². The maximum absolute atomic E-state index is 11.0. The number of para-hydroxylation sites is 1. The van der Waals surface area contributed by atoms with Crippen molar-refractivity contribution in [1.29, 1.82) is 0 Å². The van der Waals surface area contributed by atoms with Crippen molar-refractivity contribution >= 4 is 17.3 Å². The number of guanidine groups is 1. The quantitative estimate of drug-likeness (QED) is 0.364. The van der Waals surface area contributed by atoms with Crippen molar-refractivity contribution in [3.05, 3.63) is 58.1 Å². The molecule has 0 heterocycles. The van der Waals surface area contributed by atoms with Gasteiger partial charge in [-0.15, -0.1) is 0 Å². The van der Waals surface area contributed by atoms with E-state index in [2.05, 4.69) is 10.3 Å². The molecule has 3 N–H and O–H groups in total. The molecule has 126 valence electrons. The summed E-state index contributed by atoms with van der Waals surface area (Å²) in [5.41, 5.74) is 7.00. The molecule has 2 rings (SSSR count). The number of nitrogens with two attached hydrogens (primary N) is 1. The average Bonchev–Trinajstić information content (AvgIpc) is 2.60. The van der Waals surface area contributed by atoms with E-state index in [9.17, 15) is 10.1 Å². The SMILES string of the molecule is COc1ccc(NC(N)=NCc2ccccc2[N+](=O)[O-])cc1OC. The fraction of sp³-hybridized carbons (Fsp3) is 0.188. The molecule has 0 bridgehead atoms. The van der Waals surface area contributed by atoms with E-state index in [0.717, 1.165) is 0 Å². The van der Waals surface area contributed by atoms with E-state index in [4.69, 9.17) is 15.2 Å². The topological polar surface area (TPSA) is 112 Å². The van der Waals surface area contributed by atoms with Crippen LogP contribution in [0.4, 0.5) is 11.4 Å². The van der Waals surface area contributed by atoms with Gasteiger partial charge in [0.25, 0.3) is 5.69 Å². The van der Waals surface area contributed by atoms with Crippen LogP contribution in [-0.2, 0) is 6.54 Å². The highest BCUT2D eigenvalue weighted by molar-refractivity contribution is 5.92. The summed E-state index contributed by atoms with van der Waals surface area (Å²) in [6.45, 7) is 0.100. The highest BCUT2D eigenvalue weighted by Crippen LogP contribution is 2.29. The lowest BCUT2D eigenvalue weighted by Gasteiger charge is -2.11. The number of rotatable bonds is 6. The highest BCUT2D eigenvalue weighted by atomic mass is 16.6. The summed E-state index contributed by atoms with van der Waals surface area (Å²) in [5, 5.41) is 13.9. The Labute approximate surface area is 139 Å². The Morgan fingerprint density at radius 1 is 1.21 bits per heavy atom. The van der Waals surface area contributed by atoms with Gasteiger partial charge in [0, 0.05) is 17.8 Å². The van der Waals surface area contributed by atoms with Gasteiger partial charge >= 0.3 is 0 Å². The number of ether oxygens (including phenoxy) is 2. The molecule has 8 heteroatoms. The van der Waals surface area contributed by atoms with Crippen LogP contribution < -0.4 is 20.5 Å². The van der Waals surface area contributed by atoms with Gasteiger partial charge in [-0.3, -0.25) is 10.1 Å². The number of aliphatic imine (C=N–C) groups is 1. The third-order valence-corrected chi connectivity index (χ3v) is 3.26. The number of methoxy groups -OCH3 is 2. The summed E-state index contributed by atoms with van der Waals surface area (Å²) >= 11 is 0. The summed E-state index contributed by atoms with van der Waals surface area (Å²) in [6.07, 6.45) is 0. The molecule has 0 radical (unpaired) electrons. The molecular formula is C16H18N4O4. The van der Waals surface area contributed by atoms with Gasteiger partial charge in [-0.2, -0.15) is 0 Å². The average molecular weight is 330 g/mol. The molecule has 0 aliphatic heterocycles. The Bertz CT molecular complexity index is 761. The highest BCUT2D eigenvalue weighted by Gasteiger charge is 2.11. The zero-order valence-corrected chi connectivity index (χ0v) is 13.4.